The molecule has 0 spiro atoms. The van der Waals surface area contributed by atoms with E-state index in [0.717, 1.165) is 36.4 Å². The van der Waals surface area contributed by atoms with Gasteiger partial charge in [0.05, 0.1) is 5.69 Å². The van der Waals surface area contributed by atoms with Crippen molar-refractivity contribution in [3.05, 3.63) is 166 Å². The van der Waals surface area contributed by atoms with Crippen molar-refractivity contribution >= 4 is 35.3 Å². The van der Waals surface area contributed by atoms with Gasteiger partial charge in [-0.05, 0) is 121 Å². The average Bonchev–Trinajstić information content (AvgIpc) is 3.31. The lowest BCUT2D eigenvalue weighted by Crippen LogP contribution is -2.38. The van der Waals surface area contributed by atoms with Gasteiger partial charge in [0.2, 0.25) is 6.08 Å². The molecule has 4 N–H and O–H groups in total. The van der Waals surface area contributed by atoms with Gasteiger partial charge in [-0.1, -0.05) is 24.3 Å². The van der Waals surface area contributed by atoms with Gasteiger partial charge in [-0.25, -0.2) is 18.4 Å². The summed E-state index contributed by atoms with van der Waals surface area (Å²) >= 11 is 0. The first-order valence-corrected chi connectivity index (χ1v) is 20.3. The standard InChI is InChI=1S/C24H23FN4O3.C16H17N3O2.C8H6FNO/c1-15-3-5-18(12-21(15)25)28-24(31)29-10-8-16-4-6-19(11-17(16)14-29)32-20-7-9-27-22(13-20)23(30)26-2;1-17-16(20)15-9-14(5-7-19-15)21-13-3-2-11-4-6-18-10-12(11)8-13;1-6-2-3-7(10-5-11)4-8(6)9/h3-7,9,11-13H,8,10,14H2,1-2H3,(H,26,30)(H,28,31);2-3,5,7-9,18H,4,6,10H2,1H3,(H,17,20);2-4H,1H3. The van der Waals surface area contributed by atoms with E-state index < -0.39 is 0 Å². The lowest BCUT2D eigenvalue weighted by Gasteiger charge is -2.29. The van der Waals surface area contributed by atoms with Crippen molar-refractivity contribution in [2.75, 3.05) is 32.5 Å². The van der Waals surface area contributed by atoms with Crippen LogP contribution in [0, 0.1) is 25.5 Å². The molecule has 6 aromatic rings. The molecule has 0 atom stereocenters. The minimum atomic E-state index is -0.360. The first kappa shape index (κ1) is 45.7. The van der Waals surface area contributed by atoms with Crippen LogP contribution in [0.2, 0.25) is 0 Å². The Balaban J connectivity index is 0.000000181. The summed E-state index contributed by atoms with van der Waals surface area (Å²) in [4.78, 5) is 58.8. The number of isocyanates is 1. The maximum atomic E-state index is 13.8. The molecule has 2 aromatic heterocycles. The molecule has 2 aliphatic rings. The van der Waals surface area contributed by atoms with Crippen LogP contribution >= 0.6 is 0 Å². The van der Waals surface area contributed by atoms with Crippen LogP contribution in [0.25, 0.3) is 0 Å². The Morgan fingerprint density at radius 2 is 1.25 bits per heavy atom. The van der Waals surface area contributed by atoms with Crippen LogP contribution in [-0.4, -0.2) is 66.0 Å². The Bertz CT molecular complexity index is 2710. The van der Waals surface area contributed by atoms with Crippen molar-refractivity contribution in [1.29, 1.82) is 0 Å². The number of hydrogen-bond donors (Lipinski definition) is 4. The molecule has 0 saturated heterocycles. The van der Waals surface area contributed by atoms with Crippen LogP contribution in [0.4, 0.5) is 25.0 Å². The van der Waals surface area contributed by atoms with E-state index in [2.05, 4.69) is 42.3 Å². The lowest BCUT2D eigenvalue weighted by atomic mass is 10.00. The van der Waals surface area contributed by atoms with Crippen LogP contribution in [0.5, 0.6) is 23.0 Å². The van der Waals surface area contributed by atoms with E-state index in [1.807, 2.05) is 30.3 Å². The zero-order chi connectivity index (χ0) is 45.6. The predicted molar refractivity (Wildman–Crippen MR) is 237 cm³/mol. The maximum absolute atomic E-state index is 13.8. The molecule has 328 valence electrons. The summed E-state index contributed by atoms with van der Waals surface area (Å²) in [7, 11) is 3.12. The van der Waals surface area contributed by atoms with E-state index in [4.69, 9.17) is 9.47 Å². The molecule has 4 amide bonds. The van der Waals surface area contributed by atoms with E-state index in [9.17, 15) is 28.0 Å². The van der Waals surface area contributed by atoms with Gasteiger partial charge >= 0.3 is 6.03 Å². The second-order valence-corrected chi connectivity index (χ2v) is 14.6. The summed E-state index contributed by atoms with van der Waals surface area (Å²) in [6.45, 7) is 6.18. The van der Waals surface area contributed by atoms with E-state index in [1.165, 1.54) is 42.6 Å². The molecule has 64 heavy (non-hydrogen) atoms. The van der Waals surface area contributed by atoms with Crippen molar-refractivity contribution in [3.63, 3.8) is 0 Å². The summed E-state index contributed by atoms with van der Waals surface area (Å²) in [5, 5.41) is 11.2. The van der Waals surface area contributed by atoms with Crippen molar-refractivity contribution in [1.82, 2.24) is 30.8 Å². The van der Waals surface area contributed by atoms with Crippen molar-refractivity contribution in [3.8, 4) is 23.0 Å². The fourth-order valence-electron chi connectivity index (χ4n) is 6.59. The van der Waals surface area contributed by atoms with Gasteiger partial charge in [0.1, 0.15) is 46.0 Å². The third-order valence-electron chi connectivity index (χ3n) is 10.1. The van der Waals surface area contributed by atoms with Gasteiger partial charge in [-0.15, -0.1) is 0 Å². The lowest BCUT2D eigenvalue weighted by molar-refractivity contribution is 0.0950. The van der Waals surface area contributed by atoms with E-state index in [-0.39, 0.29) is 35.2 Å². The van der Waals surface area contributed by atoms with Crippen LogP contribution in [0.15, 0.2) is 114 Å². The number of hydrogen-bond acceptors (Lipinski definition) is 10. The van der Waals surface area contributed by atoms with Crippen molar-refractivity contribution in [2.24, 2.45) is 4.99 Å². The Kier molecular flexibility index (Phi) is 15.6. The topological polar surface area (TPSA) is 176 Å². The molecule has 4 heterocycles. The minimum absolute atomic E-state index is 0.227. The number of nitrogens with zero attached hydrogens (tertiary/aromatic N) is 4. The number of anilines is 1. The molecule has 0 unspecified atom stereocenters. The molecule has 4 aromatic carbocycles. The zero-order valence-corrected chi connectivity index (χ0v) is 35.6. The SMILES string of the molecule is CNC(=O)c1cc(Oc2ccc3c(c2)CN(C(=O)Nc2ccc(C)c(F)c2)CC3)ccn1.CNC(=O)c1cc(Oc2ccc3c(c2)CNCC3)ccn1.Cc1ccc(N=C=O)cc1F. The molecule has 2 aliphatic heterocycles. The number of benzene rings is 4. The van der Waals surface area contributed by atoms with Crippen molar-refractivity contribution in [2.45, 2.75) is 39.8 Å². The number of rotatable bonds is 8. The Morgan fingerprint density at radius 3 is 1.83 bits per heavy atom. The van der Waals surface area contributed by atoms with Crippen LogP contribution in [0.3, 0.4) is 0 Å². The fraction of sp³-hybridized carbons (Fsp3) is 0.208. The molecule has 14 nitrogen and oxygen atoms in total. The summed E-state index contributed by atoms with van der Waals surface area (Å²) in [6, 6.07) is 27.1. The predicted octanol–water partition coefficient (Wildman–Crippen LogP) is 8.25. The zero-order valence-electron chi connectivity index (χ0n) is 35.6. The van der Waals surface area contributed by atoms with Crippen LogP contribution in [0.1, 0.15) is 54.4 Å². The van der Waals surface area contributed by atoms with E-state index in [1.54, 1.807) is 80.5 Å². The summed E-state index contributed by atoms with van der Waals surface area (Å²) in [5.74, 6) is 1.22. The molecular weight excluding hydrogens is 823 g/mol. The molecule has 8 rings (SSSR count). The average molecular weight is 869 g/mol. The molecule has 0 bridgehead atoms. The van der Waals surface area contributed by atoms with E-state index >= 15 is 0 Å². The Hall–Kier alpha value is -7.81. The van der Waals surface area contributed by atoms with E-state index in [0.29, 0.717) is 65.0 Å². The number of carbonyl (C=O) groups excluding carboxylic acids is 4. The highest BCUT2D eigenvalue weighted by Gasteiger charge is 2.22. The highest BCUT2D eigenvalue weighted by molar-refractivity contribution is 5.93. The highest BCUT2D eigenvalue weighted by Crippen LogP contribution is 2.29. The normalized spacial score (nSPS) is 12.2. The Morgan fingerprint density at radius 1 is 0.688 bits per heavy atom. The first-order valence-electron chi connectivity index (χ1n) is 20.3. The smallest absolute Gasteiger partial charge is 0.322 e. The van der Waals surface area contributed by atoms with Gasteiger partial charge in [-0.2, -0.15) is 4.99 Å². The molecule has 0 saturated carbocycles. The fourth-order valence-corrected chi connectivity index (χ4v) is 6.59. The number of nitrogens with one attached hydrogen (secondary N) is 4. The number of ether oxygens (including phenoxy) is 2. The third kappa shape index (κ3) is 12.4. The quantitative estimate of drug-likeness (QED) is 0.0867. The van der Waals surface area contributed by atoms with Crippen LogP contribution < -0.4 is 30.7 Å². The largest absolute Gasteiger partial charge is 0.457 e. The first-order chi connectivity index (χ1) is 30.9. The third-order valence-corrected chi connectivity index (χ3v) is 10.1. The molecule has 16 heteroatoms. The number of urea groups is 1. The number of aliphatic imine (C=N–C) groups is 1. The summed E-state index contributed by atoms with van der Waals surface area (Å²) in [5.41, 5.74) is 7.12. The van der Waals surface area contributed by atoms with Gasteiger partial charge in [0, 0.05) is 70.0 Å². The number of halogens is 2. The maximum Gasteiger partial charge on any atom is 0.322 e. The minimum Gasteiger partial charge on any atom is -0.457 e. The number of aryl methyl sites for hydroxylation is 2. The summed E-state index contributed by atoms with van der Waals surface area (Å²) in [6.07, 6.45) is 6.18. The second-order valence-electron chi connectivity index (χ2n) is 14.6. The monoisotopic (exact) mass is 868 g/mol. The number of fused-ring (bicyclic) bond motifs is 2. The molecular formula is C48H46F2N8O6. The van der Waals surface area contributed by atoms with Crippen LogP contribution in [-0.2, 0) is 30.7 Å². The second kappa shape index (κ2) is 21.8. The molecule has 0 aliphatic carbocycles. The number of aromatic nitrogens is 2. The number of amides is 4. The Labute approximate surface area is 368 Å². The van der Waals surface area contributed by atoms with Gasteiger partial charge < -0.3 is 35.6 Å². The summed E-state index contributed by atoms with van der Waals surface area (Å²) < 4.78 is 38.2. The van der Waals surface area contributed by atoms with Gasteiger partial charge in [0.25, 0.3) is 11.8 Å². The van der Waals surface area contributed by atoms with Gasteiger partial charge in [0.15, 0.2) is 0 Å². The van der Waals surface area contributed by atoms with Gasteiger partial charge in [-0.3, -0.25) is 19.6 Å². The number of pyridine rings is 2. The number of carbonyl (C=O) groups is 3. The molecule has 0 fully saturated rings. The van der Waals surface area contributed by atoms with Crippen molar-refractivity contribution < 1.29 is 37.4 Å². The molecule has 0 radical (unpaired) electrons. The highest BCUT2D eigenvalue weighted by atomic mass is 19.1.